The first-order chi connectivity index (χ1) is 14.0. The van der Waals surface area contributed by atoms with E-state index in [2.05, 4.69) is 16.8 Å². The fourth-order valence-corrected chi connectivity index (χ4v) is 4.68. The molecule has 1 amide bonds. The molecule has 1 atom stereocenters. The third kappa shape index (κ3) is 5.33. The molecule has 0 aliphatic carbocycles. The Balaban J connectivity index is 0.00000256. The Hall–Kier alpha value is -1.66. The van der Waals surface area contributed by atoms with Crippen LogP contribution in [0.5, 0.6) is 0 Å². The number of pyridine rings is 1. The zero-order chi connectivity index (χ0) is 20.3. The molecule has 5 nitrogen and oxygen atoms in total. The quantitative estimate of drug-likeness (QED) is 0.704. The third-order valence-corrected chi connectivity index (χ3v) is 6.33. The van der Waals surface area contributed by atoms with Crippen LogP contribution < -0.4 is 0 Å². The molecule has 1 aromatic heterocycles. The van der Waals surface area contributed by atoms with Crippen LogP contribution >= 0.6 is 24.0 Å². The summed E-state index contributed by atoms with van der Waals surface area (Å²) >= 11 is 6.23. The van der Waals surface area contributed by atoms with E-state index in [9.17, 15) is 4.79 Å². The largest absolute Gasteiger partial charge is 0.368 e. The number of carbonyl (C=O) groups excluding carboxylic acids is 1. The molecule has 1 aromatic carbocycles. The van der Waals surface area contributed by atoms with Crippen molar-refractivity contribution < 1.29 is 9.53 Å². The van der Waals surface area contributed by atoms with E-state index in [0.717, 1.165) is 55.2 Å². The second-order valence-corrected chi connectivity index (χ2v) is 8.59. The van der Waals surface area contributed by atoms with Gasteiger partial charge in [-0.1, -0.05) is 29.8 Å². The Morgan fingerprint density at radius 1 is 1.20 bits per heavy atom. The summed E-state index contributed by atoms with van der Waals surface area (Å²) in [6, 6.07) is 13.3. The maximum atomic E-state index is 13.0. The Labute approximate surface area is 189 Å². The highest BCUT2D eigenvalue weighted by atomic mass is 35.5. The molecule has 3 heterocycles. The standard InChI is InChI=1S/C23H28ClN3O2.ClH/c1-18-16-27(22(28)19-6-3-2-4-7-19)17-23(29-18)10-14-26(15-11-23)13-9-21-20(24)8-5-12-25-21;/h2-8,12,18H,9-11,13-17H2,1H3;1H. The van der Waals surface area contributed by atoms with Gasteiger partial charge < -0.3 is 14.5 Å². The van der Waals surface area contributed by atoms with Gasteiger partial charge in [0, 0.05) is 44.4 Å². The summed E-state index contributed by atoms with van der Waals surface area (Å²) < 4.78 is 6.41. The summed E-state index contributed by atoms with van der Waals surface area (Å²) in [5.41, 5.74) is 1.47. The van der Waals surface area contributed by atoms with Gasteiger partial charge in [0.2, 0.25) is 0 Å². The lowest BCUT2D eigenvalue weighted by atomic mass is 9.88. The smallest absolute Gasteiger partial charge is 0.254 e. The molecule has 2 aliphatic rings. The van der Waals surface area contributed by atoms with Gasteiger partial charge >= 0.3 is 0 Å². The van der Waals surface area contributed by atoms with Crippen LogP contribution in [0.4, 0.5) is 0 Å². The first kappa shape index (κ1) is 23.0. The second kappa shape index (κ2) is 10.1. The van der Waals surface area contributed by atoms with E-state index in [-0.39, 0.29) is 30.0 Å². The van der Waals surface area contributed by atoms with Crippen LogP contribution in [0, 0.1) is 0 Å². The fraction of sp³-hybridized carbons (Fsp3) is 0.478. The Bertz CT molecular complexity index is 841. The van der Waals surface area contributed by atoms with Crippen molar-refractivity contribution in [2.24, 2.45) is 0 Å². The van der Waals surface area contributed by atoms with Crippen LogP contribution in [0.15, 0.2) is 48.7 Å². The number of amides is 1. The normalized spacial score (nSPS) is 21.3. The monoisotopic (exact) mass is 449 g/mol. The minimum Gasteiger partial charge on any atom is -0.368 e. The third-order valence-electron chi connectivity index (χ3n) is 5.98. The molecule has 4 rings (SSSR count). The van der Waals surface area contributed by atoms with Crippen LogP contribution in [-0.4, -0.2) is 65.1 Å². The molecule has 0 bridgehead atoms. The van der Waals surface area contributed by atoms with Crippen molar-refractivity contribution in [2.75, 3.05) is 32.7 Å². The van der Waals surface area contributed by atoms with Crippen LogP contribution in [0.1, 0.15) is 35.8 Å². The lowest BCUT2D eigenvalue weighted by molar-refractivity contribution is -0.161. The summed E-state index contributed by atoms with van der Waals surface area (Å²) in [6.45, 7) is 6.26. The average Bonchev–Trinajstić information content (AvgIpc) is 2.74. The predicted octanol–water partition coefficient (Wildman–Crippen LogP) is 4.10. The number of morpholine rings is 1. The van der Waals surface area contributed by atoms with Gasteiger partial charge in [-0.25, -0.2) is 0 Å². The van der Waals surface area contributed by atoms with Gasteiger partial charge in [0.05, 0.1) is 29.0 Å². The van der Waals surface area contributed by atoms with Gasteiger partial charge in [0.25, 0.3) is 5.91 Å². The molecule has 30 heavy (non-hydrogen) atoms. The SMILES string of the molecule is CC1CN(C(=O)c2ccccc2)CC2(CCN(CCc3ncccc3Cl)CC2)O1.Cl. The lowest BCUT2D eigenvalue weighted by Gasteiger charge is -2.49. The maximum absolute atomic E-state index is 13.0. The predicted molar refractivity (Wildman–Crippen MR) is 121 cm³/mol. The zero-order valence-electron chi connectivity index (χ0n) is 17.3. The van der Waals surface area contributed by atoms with E-state index in [1.807, 2.05) is 47.4 Å². The molecule has 2 aliphatic heterocycles. The van der Waals surface area contributed by atoms with E-state index in [4.69, 9.17) is 16.3 Å². The van der Waals surface area contributed by atoms with E-state index in [0.29, 0.717) is 13.1 Å². The van der Waals surface area contributed by atoms with Gasteiger partial charge in [0.15, 0.2) is 0 Å². The molecule has 1 unspecified atom stereocenters. The molecule has 0 radical (unpaired) electrons. The first-order valence-corrected chi connectivity index (χ1v) is 10.8. The van der Waals surface area contributed by atoms with Crippen molar-refractivity contribution in [1.29, 1.82) is 0 Å². The number of halogens is 2. The summed E-state index contributed by atoms with van der Waals surface area (Å²) in [5, 5.41) is 0.737. The number of hydrogen-bond acceptors (Lipinski definition) is 4. The number of hydrogen-bond donors (Lipinski definition) is 0. The van der Waals surface area contributed by atoms with E-state index in [1.165, 1.54) is 0 Å². The van der Waals surface area contributed by atoms with Crippen molar-refractivity contribution >= 4 is 29.9 Å². The highest BCUT2D eigenvalue weighted by Crippen LogP contribution is 2.33. The molecule has 7 heteroatoms. The Morgan fingerprint density at radius 3 is 2.63 bits per heavy atom. The topological polar surface area (TPSA) is 45.7 Å². The van der Waals surface area contributed by atoms with Gasteiger partial charge in [-0.3, -0.25) is 9.78 Å². The molecular formula is C23H29Cl2N3O2. The fourth-order valence-electron chi connectivity index (χ4n) is 4.47. The number of piperidine rings is 1. The minimum atomic E-state index is -0.235. The van der Waals surface area contributed by atoms with Crippen molar-refractivity contribution in [3.8, 4) is 0 Å². The van der Waals surface area contributed by atoms with E-state index >= 15 is 0 Å². The van der Waals surface area contributed by atoms with Crippen molar-refractivity contribution in [3.05, 3.63) is 64.9 Å². The summed E-state index contributed by atoms with van der Waals surface area (Å²) in [6.07, 6.45) is 4.57. The summed E-state index contributed by atoms with van der Waals surface area (Å²) in [5.74, 6) is 0.104. The van der Waals surface area contributed by atoms with Crippen molar-refractivity contribution in [1.82, 2.24) is 14.8 Å². The van der Waals surface area contributed by atoms with Gasteiger partial charge in [-0.2, -0.15) is 0 Å². The highest BCUT2D eigenvalue weighted by Gasteiger charge is 2.43. The average molecular weight is 450 g/mol. The zero-order valence-corrected chi connectivity index (χ0v) is 18.9. The molecule has 2 saturated heterocycles. The van der Waals surface area contributed by atoms with Crippen molar-refractivity contribution in [2.45, 2.75) is 37.9 Å². The Kier molecular flexibility index (Phi) is 7.75. The van der Waals surface area contributed by atoms with Crippen LogP contribution in [-0.2, 0) is 11.2 Å². The molecule has 0 N–H and O–H groups in total. The van der Waals surface area contributed by atoms with Gasteiger partial charge in [-0.15, -0.1) is 12.4 Å². The molecule has 2 fully saturated rings. The summed E-state index contributed by atoms with van der Waals surface area (Å²) in [7, 11) is 0. The number of rotatable bonds is 4. The number of nitrogens with zero attached hydrogens (tertiary/aromatic N) is 3. The summed E-state index contributed by atoms with van der Waals surface area (Å²) in [4.78, 5) is 21.8. The number of aromatic nitrogens is 1. The van der Waals surface area contributed by atoms with E-state index < -0.39 is 0 Å². The highest BCUT2D eigenvalue weighted by molar-refractivity contribution is 6.31. The molecule has 0 saturated carbocycles. The Morgan fingerprint density at radius 2 is 1.93 bits per heavy atom. The molecule has 162 valence electrons. The van der Waals surface area contributed by atoms with Crippen LogP contribution in [0.25, 0.3) is 0 Å². The lowest BCUT2D eigenvalue weighted by Crippen LogP contribution is -2.60. The molecule has 2 aromatic rings. The van der Waals surface area contributed by atoms with Crippen molar-refractivity contribution in [3.63, 3.8) is 0 Å². The number of likely N-dealkylation sites (tertiary alicyclic amines) is 1. The first-order valence-electron chi connectivity index (χ1n) is 10.4. The molecular weight excluding hydrogens is 421 g/mol. The number of benzene rings is 1. The van der Waals surface area contributed by atoms with Crippen LogP contribution in [0.3, 0.4) is 0 Å². The van der Waals surface area contributed by atoms with Crippen LogP contribution in [0.2, 0.25) is 5.02 Å². The second-order valence-electron chi connectivity index (χ2n) is 8.19. The molecule has 1 spiro atoms. The van der Waals surface area contributed by atoms with E-state index in [1.54, 1.807) is 6.20 Å². The number of ether oxygens (including phenoxy) is 1. The van der Waals surface area contributed by atoms with Gasteiger partial charge in [0.1, 0.15) is 0 Å². The minimum absolute atomic E-state index is 0. The number of carbonyl (C=O) groups is 1. The van der Waals surface area contributed by atoms with Gasteiger partial charge in [-0.05, 0) is 44.0 Å². The maximum Gasteiger partial charge on any atom is 0.254 e.